The Balaban J connectivity index is 1.50. The maximum absolute atomic E-state index is 13.8. The molecule has 1 amide bonds. The van der Waals surface area contributed by atoms with E-state index in [1.807, 2.05) is 31.0 Å². The molecule has 3 atom stereocenters. The first-order valence-corrected chi connectivity index (χ1v) is 15.5. The number of anilines is 1. The quantitative estimate of drug-likeness (QED) is 0.470. The van der Waals surface area contributed by atoms with Crippen LogP contribution in [0.5, 0.6) is 0 Å². The first-order chi connectivity index (χ1) is 18.4. The third-order valence-corrected chi connectivity index (χ3v) is 8.59. The number of aryl methyl sites for hydroxylation is 1. The minimum absolute atomic E-state index is 0.241. The standard InChI is InChI=1S/C27H32ClN5O5S/c1-16-10-23(27(35)36)32(13-16)25-17(2)14-33-24(29-25)12-21(30-33)22-6-4-5-9-31(22)26(34)20-11-19(28)8-7-18(20)15-39(3,37)38/h7-8,11-12,14,16,22-23H,4-6,9-10,13,15H2,1-3H3,(H,35,36)/t16-,22+,23-/m1/s1. The SMILES string of the molecule is Cc1cn2nc([C@@H]3CCCCN3C(=O)c3cc(Cl)ccc3CS(C)(=O)=O)cc2nc1N1C[C@H](C)C[C@@H]1C(=O)O. The Hall–Kier alpha value is -3.18. The molecule has 5 rings (SSSR count). The number of carboxylic acids is 1. The molecule has 0 saturated carbocycles. The Morgan fingerprint density at radius 3 is 2.69 bits per heavy atom. The van der Waals surface area contributed by atoms with E-state index in [2.05, 4.69) is 0 Å². The molecule has 1 N–H and O–H groups in total. The van der Waals surface area contributed by atoms with Crippen LogP contribution in [0.2, 0.25) is 5.02 Å². The monoisotopic (exact) mass is 573 g/mol. The van der Waals surface area contributed by atoms with E-state index in [1.54, 1.807) is 21.5 Å². The Bertz CT molecular complexity index is 1560. The van der Waals surface area contributed by atoms with Crippen molar-refractivity contribution in [2.24, 2.45) is 5.92 Å². The van der Waals surface area contributed by atoms with Crippen molar-refractivity contribution in [1.82, 2.24) is 19.5 Å². The number of halogens is 1. The van der Waals surface area contributed by atoms with E-state index >= 15 is 0 Å². The van der Waals surface area contributed by atoms with Gasteiger partial charge < -0.3 is 14.9 Å². The van der Waals surface area contributed by atoms with Gasteiger partial charge in [-0.3, -0.25) is 4.79 Å². The summed E-state index contributed by atoms with van der Waals surface area (Å²) in [5.74, 6) is -0.520. The van der Waals surface area contributed by atoms with Crippen molar-refractivity contribution in [3.8, 4) is 0 Å². The lowest BCUT2D eigenvalue weighted by molar-refractivity contribution is -0.138. The van der Waals surface area contributed by atoms with E-state index in [4.69, 9.17) is 21.7 Å². The Morgan fingerprint density at radius 1 is 1.21 bits per heavy atom. The summed E-state index contributed by atoms with van der Waals surface area (Å²) in [5, 5.41) is 14.9. The van der Waals surface area contributed by atoms with Crippen LogP contribution in [0.25, 0.3) is 5.65 Å². The van der Waals surface area contributed by atoms with Crippen molar-refractivity contribution >= 4 is 44.8 Å². The van der Waals surface area contributed by atoms with Crippen molar-refractivity contribution < 1.29 is 23.1 Å². The third-order valence-electron chi connectivity index (χ3n) is 7.52. The van der Waals surface area contributed by atoms with Gasteiger partial charge in [0.15, 0.2) is 15.5 Å². The summed E-state index contributed by atoms with van der Waals surface area (Å²) in [6, 6.07) is 5.63. The van der Waals surface area contributed by atoms with E-state index in [0.717, 1.165) is 24.7 Å². The average Bonchev–Trinajstić information content (AvgIpc) is 3.46. The van der Waals surface area contributed by atoms with Gasteiger partial charge in [-0.2, -0.15) is 5.10 Å². The molecule has 12 heteroatoms. The summed E-state index contributed by atoms with van der Waals surface area (Å²) in [4.78, 5) is 34.1. The van der Waals surface area contributed by atoms with Gasteiger partial charge in [-0.1, -0.05) is 24.6 Å². The number of carbonyl (C=O) groups excluding carboxylic acids is 1. The second kappa shape index (κ2) is 10.4. The first kappa shape index (κ1) is 27.4. The lowest BCUT2D eigenvalue weighted by Crippen LogP contribution is -2.39. The normalized spacial score (nSPS) is 22.0. The molecule has 0 aliphatic carbocycles. The Kier molecular flexibility index (Phi) is 7.32. The number of benzene rings is 1. The van der Waals surface area contributed by atoms with Gasteiger partial charge in [0.2, 0.25) is 0 Å². The fraction of sp³-hybridized carbons (Fsp3) is 0.481. The van der Waals surface area contributed by atoms with Crippen molar-refractivity contribution in [2.45, 2.75) is 57.4 Å². The highest BCUT2D eigenvalue weighted by Crippen LogP contribution is 2.35. The molecule has 1 aromatic carbocycles. The summed E-state index contributed by atoms with van der Waals surface area (Å²) in [7, 11) is -3.37. The summed E-state index contributed by atoms with van der Waals surface area (Å²) in [6.45, 7) is 5.05. The van der Waals surface area contributed by atoms with E-state index in [-0.39, 0.29) is 29.2 Å². The minimum atomic E-state index is -3.37. The topological polar surface area (TPSA) is 125 Å². The van der Waals surface area contributed by atoms with E-state index in [1.165, 1.54) is 6.07 Å². The molecular formula is C27H32ClN5O5S. The molecule has 2 fully saturated rings. The molecule has 2 aromatic heterocycles. The van der Waals surface area contributed by atoms with E-state index in [9.17, 15) is 23.1 Å². The number of hydrogen-bond acceptors (Lipinski definition) is 7. The third kappa shape index (κ3) is 5.60. The van der Waals surface area contributed by atoms with Crippen molar-refractivity contribution in [2.75, 3.05) is 24.2 Å². The van der Waals surface area contributed by atoms with Gasteiger partial charge in [-0.25, -0.2) is 22.7 Å². The van der Waals surface area contributed by atoms with Crippen LogP contribution in [-0.2, 0) is 20.4 Å². The maximum atomic E-state index is 13.8. The number of amides is 1. The van der Waals surface area contributed by atoms with Crippen molar-refractivity contribution in [1.29, 1.82) is 0 Å². The van der Waals surface area contributed by atoms with Gasteiger partial charge in [0.05, 0.1) is 17.5 Å². The molecule has 2 aliphatic heterocycles. The maximum Gasteiger partial charge on any atom is 0.326 e. The lowest BCUT2D eigenvalue weighted by Gasteiger charge is -2.35. The van der Waals surface area contributed by atoms with Gasteiger partial charge in [-0.15, -0.1) is 0 Å². The molecule has 0 bridgehead atoms. The Labute approximate surface area is 232 Å². The van der Waals surface area contributed by atoms with Crippen LogP contribution in [0.1, 0.15) is 65.8 Å². The van der Waals surface area contributed by atoms with Crippen LogP contribution in [-0.4, -0.2) is 70.3 Å². The van der Waals surface area contributed by atoms with Crippen molar-refractivity contribution in [3.63, 3.8) is 0 Å². The zero-order valence-electron chi connectivity index (χ0n) is 22.2. The number of piperidine rings is 1. The highest BCUT2D eigenvalue weighted by Gasteiger charge is 2.37. The molecule has 10 nitrogen and oxygen atoms in total. The molecule has 2 aliphatic rings. The van der Waals surface area contributed by atoms with E-state index < -0.39 is 21.8 Å². The van der Waals surface area contributed by atoms with E-state index in [0.29, 0.717) is 53.7 Å². The Morgan fingerprint density at radius 2 is 1.97 bits per heavy atom. The highest BCUT2D eigenvalue weighted by molar-refractivity contribution is 7.89. The van der Waals surface area contributed by atoms with Crippen LogP contribution in [0.15, 0.2) is 30.5 Å². The summed E-state index contributed by atoms with van der Waals surface area (Å²) < 4.78 is 25.7. The van der Waals surface area contributed by atoms with Gasteiger partial charge in [0, 0.05) is 47.8 Å². The summed E-state index contributed by atoms with van der Waals surface area (Å²) in [6.07, 6.45) is 5.99. The van der Waals surface area contributed by atoms with Crippen LogP contribution in [0.3, 0.4) is 0 Å². The second-order valence-corrected chi connectivity index (χ2v) is 13.4. The summed E-state index contributed by atoms with van der Waals surface area (Å²) >= 11 is 6.22. The number of sulfone groups is 1. The lowest BCUT2D eigenvalue weighted by atomic mass is 9.97. The van der Waals surface area contributed by atoms with Gasteiger partial charge in [0.25, 0.3) is 5.91 Å². The fourth-order valence-electron chi connectivity index (χ4n) is 5.78. The van der Waals surface area contributed by atoms with Crippen LogP contribution >= 0.6 is 11.6 Å². The molecule has 208 valence electrons. The fourth-order valence-corrected chi connectivity index (χ4v) is 6.77. The molecule has 0 unspecified atom stereocenters. The van der Waals surface area contributed by atoms with Crippen LogP contribution in [0, 0.1) is 12.8 Å². The largest absolute Gasteiger partial charge is 0.480 e. The minimum Gasteiger partial charge on any atom is -0.480 e. The van der Waals surface area contributed by atoms with Crippen molar-refractivity contribution in [3.05, 3.63) is 57.9 Å². The van der Waals surface area contributed by atoms with Gasteiger partial charge in [0.1, 0.15) is 11.9 Å². The first-order valence-electron chi connectivity index (χ1n) is 13.0. The predicted octanol–water partition coefficient (Wildman–Crippen LogP) is 3.90. The molecule has 0 radical (unpaired) electrons. The predicted molar refractivity (Wildman–Crippen MR) is 148 cm³/mol. The molecule has 4 heterocycles. The summed E-state index contributed by atoms with van der Waals surface area (Å²) in [5.41, 5.74) is 2.78. The van der Waals surface area contributed by atoms with Crippen LogP contribution in [0.4, 0.5) is 5.82 Å². The number of aliphatic carboxylic acids is 1. The zero-order chi connectivity index (χ0) is 28.1. The van der Waals surface area contributed by atoms with Gasteiger partial charge in [-0.05, 0) is 56.2 Å². The molecule has 0 spiro atoms. The van der Waals surface area contributed by atoms with Crippen LogP contribution < -0.4 is 4.90 Å². The molecular weight excluding hydrogens is 542 g/mol. The second-order valence-electron chi connectivity index (χ2n) is 10.8. The number of fused-ring (bicyclic) bond motifs is 1. The number of hydrogen-bond donors (Lipinski definition) is 1. The highest BCUT2D eigenvalue weighted by atomic mass is 35.5. The number of nitrogens with zero attached hydrogens (tertiary/aromatic N) is 5. The molecule has 3 aromatic rings. The van der Waals surface area contributed by atoms with Gasteiger partial charge >= 0.3 is 5.97 Å². The number of aromatic nitrogens is 3. The number of likely N-dealkylation sites (tertiary alicyclic amines) is 1. The average molecular weight is 574 g/mol. The molecule has 2 saturated heterocycles. The number of rotatable bonds is 6. The smallest absolute Gasteiger partial charge is 0.326 e. The number of carbonyl (C=O) groups is 2. The molecule has 39 heavy (non-hydrogen) atoms. The zero-order valence-corrected chi connectivity index (χ0v) is 23.7. The number of carboxylic acid groups (broad SMARTS) is 1.